The van der Waals surface area contributed by atoms with Gasteiger partial charge in [0.1, 0.15) is 0 Å². The molecule has 5 heteroatoms. The second-order valence-electron chi connectivity index (χ2n) is 6.10. The fourth-order valence-corrected chi connectivity index (χ4v) is 2.02. The van der Waals surface area contributed by atoms with Gasteiger partial charge in [0.25, 0.3) is 0 Å². The lowest BCUT2D eigenvalue weighted by molar-refractivity contribution is -0.163. The lowest BCUT2D eigenvalue weighted by atomic mass is 10.1. The smallest absolute Gasteiger partial charge is 0.410 e. The maximum atomic E-state index is 12.0. The van der Waals surface area contributed by atoms with E-state index in [1.54, 1.807) is 0 Å². The molecule has 21 heavy (non-hydrogen) atoms. The zero-order valence-corrected chi connectivity index (χ0v) is 13.4. The standard InChI is InChI=1S/C16H27NO4/c1-5-10-17(16(2,3)4)15(18)21-13-8-12-20-14-9-6-7-11-19-14/h1,14H,6-13H2,2-4H3. The zero-order valence-electron chi connectivity index (χ0n) is 13.4. The summed E-state index contributed by atoms with van der Waals surface area (Å²) in [7, 11) is 0. The first-order valence-corrected chi connectivity index (χ1v) is 7.56. The van der Waals surface area contributed by atoms with Gasteiger partial charge in [-0.1, -0.05) is 5.92 Å². The number of nitrogens with zero attached hydrogens (tertiary/aromatic N) is 1. The van der Waals surface area contributed by atoms with Crippen LogP contribution in [0, 0.1) is 12.3 Å². The fourth-order valence-electron chi connectivity index (χ4n) is 2.02. The van der Waals surface area contributed by atoms with Crippen molar-refractivity contribution in [3.8, 4) is 12.3 Å². The van der Waals surface area contributed by atoms with Gasteiger partial charge in [-0.15, -0.1) is 6.42 Å². The Morgan fingerprint density at radius 3 is 2.71 bits per heavy atom. The first-order chi connectivity index (χ1) is 9.95. The molecule has 0 spiro atoms. The first kappa shape index (κ1) is 17.8. The molecule has 0 aromatic carbocycles. The third kappa shape index (κ3) is 6.83. The van der Waals surface area contributed by atoms with Gasteiger partial charge in [-0.25, -0.2) is 4.79 Å². The molecular weight excluding hydrogens is 270 g/mol. The van der Waals surface area contributed by atoms with Crippen molar-refractivity contribution in [3.05, 3.63) is 0 Å². The van der Waals surface area contributed by atoms with Gasteiger partial charge in [0.2, 0.25) is 0 Å². The second-order valence-corrected chi connectivity index (χ2v) is 6.10. The molecule has 0 saturated carbocycles. The van der Waals surface area contributed by atoms with E-state index >= 15 is 0 Å². The minimum Gasteiger partial charge on any atom is -0.449 e. The van der Waals surface area contributed by atoms with Crippen LogP contribution in [0.1, 0.15) is 46.5 Å². The largest absolute Gasteiger partial charge is 0.449 e. The van der Waals surface area contributed by atoms with Crippen LogP contribution in [0.4, 0.5) is 4.79 Å². The lowest BCUT2D eigenvalue weighted by Gasteiger charge is -2.33. The number of hydrogen-bond acceptors (Lipinski definition) is 4. The van der Waals surface area contributed by atoms with Crippen LogP contribution in [-0.2, 0) is 14.2 Å². The highest BCUT2D eigenvalue weighted by atomic mass is 16.7. The average Bonchev–Trinajstić information content (AvgIpc) is 2.44. The van der Waals surface area contributed by atoms with E-state index in [1.807, 2.05) is 20.8 Å². The Balaban J connectivity index is 2.18. The molecule has 1 atom stereocenters. The third-order valence-electron chi connectivity index (χ3n) is 3.24. The molecule has 0 aromatic heterocycles. The number of rotatable bonds is 6. The Bertz CT molecular complexity index is 350. The molecule has 0 radical (unpaired) electrons. The van der Waals surface area contributed by atoms with Crippen molar-refractivity contribution in [2.24, 2.45) is 0 Å². The Hall–Kier alpha value is -1.25. The summed E-state index contributed by atoms with van der Waals surface area (Å²) in [5.74, 6) is 2.48. The highest BCUT2D eigenvalue weighted by Gasteiger charge is 2.26. The molecule has 0 aromatic rings. The van der Waals surface area contributed by atoms with Crippen LogP contribution in [0.3, 0.4) is 0 Å². The van der Waals surface area contributed by atoms with Crippen LogP contribution in [0.25, 0.3) is 0 Å². The summed E-state index contributed by atoms with van der Waals surface area (Å²) in [5.41, 5.74) is -0.351. The zero-order chi connectivity index (χ0) is 15.7. The molecule has 120 valence electrons. The summed E-state index contributed by atoms with van der Waals surface area (Å²) in [5, 5.41) is 0. The fraction of sp³-hybridized carbons (Fsp3) is 0.812. The molecule has 1 unspecified atom stereocenters. The topological polar surface area (TPSA) is 48.0 Å². The van der Waals surface area contributed by atoms with Crippen molar-refractivity contribution in [1.29, 1.82) is 0 Å². The molecule has 1 heterocycles. The first-order valence-electron chi connectivity index (χ1n) is 7.56. The minimum atomic E-state index is -0.380. The van der Waals surface area contributed by atoms with E-state index in [0.29, 0.717) is 19.6 Å². The lowest BCUT2D eigenvalue weighted by Crippen LogP contribution is -2.46. The maximum absolute atomic E-state index is 12.0. The van der Waals surface area contributed by atoms with Crippen LogP contribution in [0.2, 0.25) is 0 Å². The number of terminal acetylenes is 1. The number of carbonyl (C=O) groups excluding carboxylic acids is 1. The van der Waals surface area contributed by atoms with E-state index in [9.17, 15) is 4.79 Å². The van der Waals surface area contributed by atoms with E-state index in [0.717, 1.165) is 25.9 Å². The van der Waals surface area contributed by atoms with E-state index in [2.05, 4.69) is 5.92 Å². The summed E-state index contributed by atoms with van der Waals surface area (Å²) in [4.78, 5) is 13.5. The predicted molar refractivity (Wildman–Crippen MR) is 80.8 cm³/mol. The van der Waals surface area contributed by atoms with Crippen LogP contribution in [0.5, 0.6) is 0 Å². The Morgan fingerprint density at radius 1 is 1.38 bits per heavy atom. The van der Waals surface area contributed by atoms with Crippen LogP contribution in [0.15, 0.2) is 0 Å². The summed E-state index contributed by atoms with van der Waals surface area (Å²) in [6, 6.07) is 0. The van der Waals surface area contributed by atoms with Crippen LogP contribution < -0.4 is 0 Å². The van der Waals surface area contributed by atoms with Crippen molar-refractivity contribution in [1.82, 2.24) is 4.90 Å². The highest BCUT2D eigenvalue weighted by Crippen LogP contribution is 2.15. The number of hydrogen-bond donors (Lipinski definition) is 0. The van der Waals surface area contributed by atoms with Gasteiger partial charge < -0.3 is 14.2 Å². The molecule has 0 N–H and O–H groups in total. The molecule has 5 nitrogen and oxygen atoms in total. The molecule has 1 rings (SSSR count). The summed E-state index contributed by atoms with van der Waals surface area (Å²) in [6.07, 6.45) is 8.66. The van der Waals surface area contributed by atoms with Crippen molar-refractivity contribution < 1.29 is 19.0 Å². The Kier molecular flexibility index (Phi) is 7.55. The molecule has 1 saturated heterocycles. The molecule has 1 amide bonds. The minimum absolute atomic E-state index is 0.0954. The molecule has 1 fully saturated rings. The molecule has 1 aliphatic heterocycles. The van der Waals surface area contributed by atoms with E-state index in [4.69, 9.17) is 20.6 Å². The summed E-state index contributed by atoms with van der Waals surface area (Å²) < 4.78 is 16.3. The normalized spacial score (nSPS) is 18.9. The van der Waals surface area contributed by atoms with E-state index < -0.39 is 0 Å². The van der Waals surface area contributed by atoms with Gasteiger partial charge in [-0.05, 0) is 40.0 Å². The van der Waals surface area contributed by atoms with E-state index in [1.165, 1.54) is 4.90 Å². The molecule has 0 aliphatic carbocycles. The van der Waals surface area contributed by atoms with Crippen LogP contribution in [-0.4, -0.2) is 49.2 Å². The number of amides is 1. The van der Waals surface area contributed by atoms with Gasteiger partial charge >= 0.3 is 6.09 Å². The number of ether oxygens (including phenoxy) is 3. The SMILES string of the molecule is C#CCN(C(=O)OCCCOC1CCCCO1)C(C)(C)C. The van der Waals surface area contributed by atoms with Crippen molar-refractivity contribution in [2.75, 3.05) is 26.4 Å². The van der Waals surface area contributed by atoms with Gasteiger partial charge in [-0.2, -0.15) is 0 Å². The van der Waals surface area contributed by atoms with Crippen molar-refractivity contribution >= 4 is 6.09 Å². The third-order valence-corrected chi connectivity index (χ3v) is 3.24. The van der Waals surface area contributed by atoms with Crippen molar-refractivity contribution in [2.45, 2.75) is 58.3 Å². The molecule has 0 bridgehead atoms. The number of carbonyl (C=O) groups is 1. The monoisotopic (exact) mass is 297 g/mol. The summed E-state index contributed by atoms with van der Waals surface area (Å²) >= 11 is 0. The maximum Gasteiger partial charge on any atom is 0.410 e. The van der Waals surface area contributed by atoms with Crippen molar-refractivity contribution in [3.63, 3.8) is 0 Å². The van der Waals surface area contributed by atoms with Gasteiger partial charge in [0.15, 0.2) is 6.29 Å². The quantitative estimate of drug-likeness (QED) is 0.559. The second kappa shape index (κ2) is 8.91. The molecular formula is C16H27NO4. The highest BCUT2D eigenvalue weighted by molar-refractivity contribution is 5.68. The van der Waals surface area contributed by atoms with Crippen LogP contribution >= 0.6 is 0 Å². The van der Waals surface area contributed by atoms with Gasteiger partial charge in [-0.3, -0.25) is 4.90 Å². The Labute approximate surface area is 127 Å². The molecule has 1 aliphatic rings. The Morgan fingerprint density at radius 2 is 2.14 bits per heavy atom. The predicted octanol–water partition coefficient (Wildman–Crippen LogP) is 2.79. The van der Waals surface area contributed by atoms with E-state index in [-0.39, 0.29) is 24.5 Å². The van der Waals surface area contributed by atoms with Gasteiger partial charge in [0.05, 0.1) is 19.8 Å². The summed E-state index contributed by atoms with van der Waals surface area (Å²) in [6.45, 7) is 7.64. The van der Waals surface area contributed by atoms with Gasteiger partial charge in [0, 0.05) is 18.6 Å². The average molecular weight is 297 g/mol.